The van der Waals surface area contributed by atoms with Crippen molar-refractivity contribution < 1.29 is 4.80 Å². The van der Waals surface area contributed by atoms with Crippen molar-refractivity contribution in [2.45, 2.75) is 131 Å². The zero-order valence-corrected chi connectivity index (χ0v) is 25.8. The van der Waals surface area contributed by atoms with Gasteiger partial charge < -0.3 is 4.80 Å². The molecular weight excluding hydrogens is 440 g/mol. The first-order chi connectivity index (χ1) is 16.2. The summed E-state index contributed by atoms with van der Waals surface area (Å²) in [5, 5.41) is 0.0743. The van der Waals surface area contributed by atoms with Gasteiger partial charge in [-0.3, -0.25) is 0 Å². The van der Waals surface area contributed by atoms with Gasteiger partial charge in [-0.05, 0) is 128 Å². The van der Waals surface area contributed by atoms with Gasteiger partial charge in [-0.1, -0.05) is 79.2 Å². The average Bonchev–Trinajstić information content (AvgIpc) is 3.09. The molecule has 0 aliphatic heterocycles. The lowest BCUT2D eigenvalue weighted by Gasteiger charge is -2.59. The van der Waals surface area contributed by atoms with Gasteiger partial charge in [0.25, 0.3) is 0 Å². The van der Waals surface area contributed by atoms with Crippen LogP contribution in [-0.2, 0) is 0 Å². The van der Waals surface area contributed by atoms with E-state index in [4.69, 9.17) is 0 Å². The summed E-state index contributed by atoms with van der Waals surface area (Å²) in [4.78, 5) is 11.5. The summed E-state index contributed by atoms with van der Waals surface area (Å²) < 4.78 is 0. The summed E-state index contributed by atoms with van der Waals surface area (Å²) in [7, 11) is -2.22. The normalized spacial score (nSPS) is 42.3. The largest absolute Gasteiger partial charge is 0.431 e. The smallest absolute Gasteiger partial charge is 0.191 e. The molecular formula is C33H58OSi. The van der Waals surface area contributed by atoms with Crippen LogP contribution in [-0.4, -0.2) is 13.1 Å². The third-order valence-corrected chi connectivity index (χ3v) is 16.8. The van der Waals surface area contributed by atoms with Gasteiger partial charge >= 0.3 is 0 Å². The Morgan fingerprint density at radius 1 is 1.09 bits per heavy atom. The van der Waals surface area contributed by atoms with Crippen LogP contribution < -0.4 is 0 Å². The van der Waals surface area contributed by atoms with Crippen LogP contribution in [0.5, 0.6) is 0 Å². The van der Waals surface area contributed by atoms with Crippen molar-refractivity contribution in [1.82, 2.24) is 0 Å². The molecule has 4 rings (SSSR count). The maximum Gasteiger partial charge on any atom is 0.191 e. The van der Waals surface area contributed by atoms with Crippen LogP contribution >= 0.6 is 0 Å². The van der Waals surface area contributed by atoms with E-state index >= 15 is 0 Å². The molecule has 0 aromatic heterocycles. The third kappa shape index (κ3) is 5.06. The van der Waals surface area contributed by atoms with E-state index < -0.39 is 8.32 Å². The van der Waals surface area contributed by atoms with Crippen LogP contribution in [0.3, 0.4) is 0 Å². The molecule has 0 amide bonds. The molecule has 9 atom stereocenters. The molecule has 4 aliphatic carbocycles. The average molecular weight is 499 g/mol. The van der Waals surface area contributed by atoms with Gasteiger partial charge in [-0.25, -0.2) is 0 Å². The maximum absolute atomic E-state index is 11.5. The topological polar surface area (TPSA) is 20.2 Å². The molecule has 4 aliphatic rings. The van der Waals surface area contributed by atoms with Crippen molar-refractivity contribution in [1.29, 1.82) is 0 Å². The predicted molar refractivity (Wildman–Crippen MR) is 155 cm³/mol. The third-order valence-electron chi connectivity index (χ3n) is 12.2. The summed E-state index contributed by atoms with van der Waals surface area (Å²) >= 11 is 0. The minimum Gasteiger partial charge on any atom is -0.431 e. The molecule has 3 fully saturated rings. The van der Waals surface area contributed by atoms with E-state index in [1.807, 2.05) is 0 Å². The van der Waals surface area contributed by atoms with E-state index in [0.717, 1.165) is 35.6 Å². The van der Waals surface area contributed by atoms with Crippen molar-refractivity contribution in [3.63, 3.8) is 0 Å². The quantitative estimate of drug-likeness (QED) is 0.285. The molecule has 2 unspecified atom stereocenters. The van der Waals surface area contributed by atoms with Crippen molar-refractivity contribution in [3.8, 4) is 0 Å². The van der Waals surface area contributed by atoms with Gasteiger partial charge in [0, 0.05) is 0 Å². The first-order valence-corrected chi connectivity index (χ1v) is 17.9. The van der Waals surface area contributed by atoms with Crippen LogP contribution in [0.15, 0.2) is 23.8 Å². The summed E-state index contributed by atoms with van der Waals surface area (Å²) in [6, 6.07) is 1.10. The Bertz CT molecular complexity index is 815. The summed E-state index contributed by atoms with van der Waals surface area (Å²) in [5.74, 6) is 5.73. The fourth-order valence-corrected chi connectivity index (χ4v) is 11.6. The monoisotopic (exact) mass is 498 g/mol. The van der Waals surface area contributed by atoms with E-state index in [1.165, 1.54) is 57.8 Å². The van der Waals surface area contributed by atoms with Crippen LogP contribution in [0.25, 0.3) is 0 Å². The van der Waals surface area contributed by atoms with E-state index in [1.54, 1.807) is 5.57 Å². The molecule has 0 aromatic carbocycles. The first-order valence-electron chi connectivity index (χ1n) is 15.3. The number of rotatable bonds is 6. The molecule has 1 N–H and O–H groups in total. The Morgan fingerprint density at radius 2 is 1.80 bits per heavy atom. The van der Waals surface area contributed by atoms with Crippen molar-refractivity contribution in [2.24, 2.45) is 52.3 Å². The van der Waals surface area contributed by atoms with E-state index in [9.17, 15) is 4.80 Å². The van der Waals surface area contributed by atoms with E-state index in [-0.39, 0.29) is 5.04 Å². The fraction of sp³-hybridized carbons (Fsp3) is 0.879. The lowest BCUT2D eigenvalue weighted by Crippen LogP contribution is -2.51. The van der Waals surface area contributed by atoms with Crippen molar-refractivity contribution >= 4 is 8.32 Å². The zero-order chi connectivity index (χ0) is 25.8. The number of allylic oxidation sites excluding steroid dienone is 4. The molecule has 0 spiro atoms. The number of hydrogen-bond donors (Lipinski definition) is 1. The minimum atomic E-state index is -2.22. The molecule has 35 heavy (non-hydrogen) atoms. The molecule has 3 saturated carbocycles. The lowest BCUT2D eigenvalue weighted by atomic mass is 9.46. The fourth-order valence-electron chi connectivity index (χ4n) is 9.53. The van der Waals surface area contributed by atoms with Crippen molar-refractivity contribution in [2.75, 3.05) is 0 Å². The van der Waals surface area contributed by atoms with Crippen LogP contribution in [0.2, 0.25) is 17.6 Å². The van der Waals surface area contributed by atoms with Gasteiger partial charge in [0.1, 0.15) is 0 Å². The predicted octanol–water partition coefficient (Wildman–Crippen LogP) is 9.79. The lowest BCUT2D eigenvalue weighted by molar-refractivity contribution is -0.0510. The molecule has 0 bridgehead atoms. The Kier molecular flexibility index (Phi) is 7.72. The second-order valence-electron chi connectivity index (χ2n) is 15.7. The molecule has 2 heteroatoms. The van der Waals surface area contributed by atoms with Gasteiger partial charge in [-0.15, -0.1) is 0 Å². The summed E-state index contributed by atoms with van der Waals surface area (Å²) in [5.41, 5.74) is 2.72. The number of fused-ring (bicyclic) bond motifs is 5. The highest BCUT2D eigenvalue weighted by Crippen LogP contribution is 2.67. The minimum absolute atomic E-state index is 0.0743. The van der Waals surface area contributed by atoms with Crippen LogP contribution in [0.4, 0.5) is 0 Å². The molecule has 200 valence electrons. The van der Waals surface area contributed by atoms with E-state index in [0.29, 0.717) is 22.7 Å². The zero-order valence-electron chi connectivity index (χ0n) is 24.8. The standard InChI is InChI=1S/C33H58OSi/c1-23(2)11-10-12-24(3)28-17-18-29-27-16-15-26-14-13-25(22-35(9,34)31(4,5)6)21-33(26,8)30(27)19-20-32(28,29)7/h10,12,15,23-25,27-30,34H,11,13-14,16-22H2,1-9H3/b12-10+/t24-,25?,27+,28-,29+,30+,32-,33+,35?/m1/s1. The maximum atomic E-state index is 11.5. The highest BCUT2D eigenvalue weighted by Gasteiger charge is 2.59. The summed E-state index contributed by atoms with van der Waals surface area (Å²) in [6.45, 7) is 21.5. The molecule has 0 saturated heterocycles. The second kappa shape index (κ2) is 9.76. The number of hydrogen-bond acceptors (Lipinski definition) is 1. The van der Waals surface area contributed by atoms with Gasteiger partial charge in [0.05, 0.1) is 0 Å². The Balaban J connectivity index is 1.51. The second-order valence-corrected chi connectivity index (χ2v) is 20.2. The molecule has 0 heterocycles. The Morgan fingerprint density at radius 3 is 2.46 bits per heavy atom. The molecule has 0 aromatic rings. The SMILES string of the molecule is CC(C)C/C=C/[C@@H](C)[C@H]1CC[C@H]2[C@@H]3CC=C4CCC(C[Si](C)(O)C(C)(C)C)C[C@]4(C)[C@H]3CC[C@]12C. The van der Waals surface area contributed by atoms with E-state index in [2.05, 4.69) is 80.2 Å². The Hall–Kier alpha value is -0.343. The van der Waals surface area contributed by atoms with Gasteiger partial charge in [-0.2, -0.15) is 0 Å². The summed E-state index contributed by atoms with van der Waals surface area (Å²) in [6.07, 6.45) is 20.0. The van der Waals surface area contributed by atoms with Crippen LogP contribution in [0.1, 0.15) is 113 Å². The highest BCUT2D eigenvalue weighted by molar-refractivity contribution is 6.74. The molecule has 1 nitrogen and oxygen atoms in total. The highest BCUT2D eigenvalue weighted by atomic mass is 28.4. The van der Waals surface area contributed by atoms with Gasteiger partial charge in [0.15, 0.2) is 8.32 Å². The van der Waals surface area contributed by atoms with Gasteiger partial charge in [0.2, 0.25) is 0 Å². The van der Waals surface area contributed by atoms with Crippen LogP contribution in [0, 0.1) is 52.3 Å². The Labute approximate surface area is 219 Å². The first kappa shape index (κ1) is 27.7. The van der Waals surface area contributed by atoms with Crippen molar-refractivity contribution in [3.05, 3.63) is 23.8 Å². The molecule has 0 radical (unpaired) electrons.